The Bertz CT molecular complexity index is 638. The van der Waals surface area contributed by atoms with Gasteiger partial charge in [0.15, 0.2) is 0 Å². The van der Waals surface area contributed by atoms with Gasteiger partial charge in [-0.3, -0.25) is 0 Å². The third-order valence-corrected chi connectivity index (χ3v) is 3.08. The Morgan fingerprint density at radius 1 is 1.00 bits per heavy atom. The first-order valence-electron chi connectivity index (χ1n) is 5.85. The number of benzene rings is 1. The summed E-state index contributed by atoms with van der Waals surface area (Å²) in [4.78, 5) is 0. The van der Waals surface area contributed by atoms with Gasteiger partial charge in [-0.05, 0) is 11.6 Å². The summed E-state index contributed by atoms with van der Waals surface area (Å²) in [5, 5.41) is 0. The number of rotatable bonds is 2. The molecule has 0 saturated heterocycles. The molecule has 0 aliphatic heterocycles. The van der Waals surface area contributed by atoms with E-state index in [-0.39, 0.29) is 0 Å². The molecule has 0 atom stereocenters. The van der Waals surface area contributed by atoms with Crippen molar-refractivity contribution in [3.63, 3.8) is 0 Å². The van der Waals surface area contributed by atoms with E-state index in [1.54, 1.807) is 0 Å². The first-order valence-corrected chi connectivity index (χ1v) is 5.85. The molecule has 0 amide bonds. The molecule has 2 heterocycles. The molecule has 17 heavy (non-hydrogen) atoms. The van der Waals surface area contributed by atoms with Gasteiger partial charge in [-0.1, -0.05) is 36.4 Å². The minimum atomic E-state index is 0.924. The molecule has 0 unspecified atom stereocenters. The van der Waals surface area contributed by atoms with Crippen LogP contribution in [0.2, 0.25) is 0 Å². The summed E-state index contributed by atoms with van der Waals surface area (Å²) in [6.07, 6.45) is 4.25. The largest absolute Gasteiger partial charge is 0.286 e. The van der Waals surface area contributed by atoms with Crippen LogP contribution in [-0.4, -0.2) is 4.57 Å². The van der Waals surface area contributed by atoms with Crippen LogP contribution >= 0.6 is 0 Å². The molecule has 0 spiro atoms. The monoisotopic (exact) mass is 223 g/mol. The Morgan fingerprint density at radius 3 is 2.59 bits per heavy atom. The van der Waals surface area contributed by atoms with Crippen LogP contribution in [0.1, 0.15) is 11.3 Å². The Balaban J connectivity index is 2.08. The van der Waals surface area contributed by atoms with E-state index in [1.807, 2.05) is 0 Å². The van der Waals surface area contributed by atoms with Crippen LogP contribution in [-0.2, 0) is 6.54 Å². The lowest BCUT2D eigenvalue weighted by atomic mass is 10.2. The highest BCUT2D eigenvalue weighted by Gasteiger charge is 2.13. The van der Waals surface area contributed by atoms with Crippen molar-refractivity contribution in [3.05, 3.63) is 72.2 Å². The van der Waals surface area contributed by atoms with Gasteiger partial charge in [0.1, 0.15) is 18.4 Å². The average Bonchev–Trinajstić information content (AvgIpc) is 2.68. The highest BCUT2D eigenvalue weighted by Crippen LogP contribution is 2.09. The lowest BCUT2D eigenvalue weighted by Gasteiger charge is -2.00. The van der Waals surface area contributed by atoms with Gasteiger partial charge in [-0.2, -0.15) is 0 Å². The number of aryl methyl sites for hydroxylation is 1. The first kappa shape index (κ1) is 10.1. The maximum atomic E-state index is 2.33. The van der Waals surface area contributed by atoms with Crippen LogP contribution in [0.5, 0.6) is 0 Å². The number of pyridine rings is 1. The number of nitrogens with zero attached hydrogens (tertiary/aromatic N) is 2. The zero-order chi connectivity index (χ0) is 11.7. The van der Waals surface area contributed by atoms with Crippen molar-refractivity contribution in [2.45, 2.75) is 13.5 Å². The summed E-state index contributed by atoms with van der Waals surface area (Å²) >= 11 is 0. The van der Waals surface area contributed by atoms with Crippen molar-refractivity contribution in [2.24, 2.45) is 0 Å². The smallest absolute Gasteiger partial charge is 0.223 e. The van der Waals surface area contributed by atoms with Crippen molar-refractivity contribution in [1.82, 2.24) is 4.57 Å². The van der Waals surface area contributed by atoms with E-state index in [0.717, 1.165) is 6.54 Å². The third kappa shape index (κ3) is 1.82. The number of hydrogen-bond acceptors (Lipinski definition) is 0. The molecule has 0 radical (unpaired) electrons. The highest BCUT2D eigenvalue weighted by atomic mass is 15.1. The molecular formula is C15H15N2+. The van der Waals surface area contributed by atoms with E-state index in [9.17, 15) is 0 Å². The minimum Gasteiger partial charge on any atom is -0.223 e. The first-order chi connectivity index (χ1) is 8.34. The predicted octanol–water partition coefficient (Wildman–Crippen LogP) is 2.58. The Labute approximate surface area is 101 Å². The maximum absolute atomic E-state index is 2.33. The lowest BCUT2D eigenvalue weighted by Crippen LogP contribution is -2.18. The summed E-state index contributed by atoms with van der Waals surface area (Å²) in [5.74, 6) is 0. The topological polar surface area (TPSA) is 9.03 Å². The van der Waals surface area contributed by atoms with Crippen LogP contribution in [0.15, 0.2) is 60.9 Å². The number of aromatic nitrogens is 2. The second kappa shape index (κ2) is 4.06. The van der Waals surface area contributed by atoms with Gasteiger partial charge in [0.25, 0.3) is 5.65 Å². The van der Waals surface area contributed by atoms with Gasteiger partial charge in [-0.25, -0.2) is 8.97 Å². The summed E-state index contributed by atoms with van der Waals surface area (Å²) in [6, 6.07) is 16.8. The van der Waals surface area contributed by atoms with Gasteiger partial charge in [0, 0.05) is 13.0 Å². The average molecular weight is 223 g/mol. The Kier molecular flexibility index (Phi) is 2.41. The molecule has 3 aromatic rings. The molecule has 2 aromatic heterocycles. The van der Waals surface area contributed by atoms with Gasteiger partial charge in [0.2, 0.25) is 0 Å². The maximum Gasteiger partial charge on any atom is 0.286 e. The summed E-state index contributed by atoms with van der Waals surface area (Å²) in [6.45, 7) is 3.07. The van der Waals surface area contributed by atoms with E-state index in [1.165, 1.54) is 16.9 Å². The fourth-order valence-electron chi connectivity index (χ4n) is 2.21. The van der Waals surface area contributed by atoms with Crippen LogP contribution in [0.4, 0.5) is 0 Å². The molecule has 0 aliphatic carbocycles. The molecular weight excluding hydrogens is 208 g/mol. The number of fused-ring (bicyclic) bond motifs is 1. The number of hydrogen-bond donors (Lipinski definition) is 0. The molecule has 2 nitrogen and oxygen atoms in total. The molecule has 84 valence electrons. The van der Waals surface area contributed by atoms with Crippen LogP contribution in [0.3, 0.4) is 0 Å². The van der Waals surface area contributed by atoms with Crippen molar-refractivity contribution in [2.75, 3.05) is 0 Å². The van der Waals surface area contributed by atoms with Gasteiger partial charge in [-0.15, -0.1) is 0 Å². The molecule has 2 heteroatoms. The SMILES string of the molecule is Cc1c[n+]2ccccc2n1Cc1ccccc1. The highest BCUT2D eigenvalue weighted by molar-refractivity contribution is 5.33. The molecule has 1 aromatic carbocycles. The van der Waals surface area contributed by atoms with E-state index in [2.05, 4.69) is 76.8 Å². The molecule has 0 bridgehead atoms. The van der Waals surface area contributed by atoms with E-state index < -0.39 is 0 Å². The normalized spacial score (nSPS) is 10.9. The summed E-state index contributed by atoms with van der Waals surface area (Å²) in [5.41, 5.74) is 3.84. The Morgan fingerprint density at radius 2 is 1.76 bits per heavy atom. The van der Waals surface area contributed by atoms with Gasteiger partial charge < -0.3 is 0 Å². The van der Waals surface area contributed by atoms with E-state index in [0.29, 0.717) is 0 Å². The minimum absolute atomic E-state index is 0.924. The molecule has 0 saturated carbocycles. The van der Waals surface area contributed by atoms with Gasteiger partial charge in [0.05, 0.1) is 6.20 Å². The second-order valence-corrected chi connectivity index (χ2v) is 4.31. The fourth-order valence-corrected chi connectivity index (χ4v) is 2.21. The van der Waals surface area contributed by atoms with Crippen LogP contribution in [0, 0.1) is 6.92 Å². The van der Waals surface area contributed by atoms with Crippen LogP contribution in [0.25, 0.3) is 5.65 Å². The molecule has 0 aliphatic rings. The van der Waals surface area contributed by atoms with Crippen LogP contribution < -0.4 is 4.40 Å². The quantitative estimate of drug-likeness (QED) is 0.591. The molecule has 0 N–H and O–H groups in total. The Hall–Kier alpha value is -2.09. The van der Waals surface area contributed by atoms with Crippen molar-refractivity contribution < 1.29 is 4.40 Å². The summed E-state index contributed by atoms with van der Waals surface area (Å²) in [7, 11) is 0. The van der Waals surface area contributed by atoms with E-state index in [4.69, 9.17) is 0 Å². The summed E-state index contributed by atoms with van der Waals surface area (Å²) < 4.78 is 4.49. The number of imidazole rings is 1. The predicted molar refractivity (Wildman–Crippen MR) is 67.9 cm³/mol. The van der Waals surface area contributed by atoms with Gasteiger partial charge >= 0.3 is 0 Å². The van der Waals surface area contributed by atoms with Crippen molar-refractivity contribution in [1.29, 1.82) is 0 Å². The molecule has 3 rings (SSSR count). The molecule has 0 fully saturated rings. The third-order valence-electron chi connectivity index (χ3n) is 3.08. The zero-order valence-corrected chi connectivity index (χ0v) is 9.88. The second-order valence-electron chi connectivity index (χ2n) is 4.31. The zero-order valence-electron chi connectivity index (χ0n) is 9.88. The van der Waals surface area contributed by atoms with E-state index >= 15 is 0 Å². The standard InChI is InChI=1S/C15H15N2/c1-13-11-16-10-6-5-9-15(16)17(13)12-14-7-3-2-4-8-14/h2-11H,12H2,1H3/q+1. The van der Waals surface area contributed by atoms with Crippen molar-refractivity contribution >= 4 is 5.65 Å². The fraction of sp³-hybridized carbons (Fsp3) is 0.133. The lowest BCUT2D eigenvalue weighted by molar-refractivity contribution is -0.510. The van der Waals surface area contributed by atoms with Crippen molar-refractivity contribution in [3.8, 4) is 0 Å².